The first-order chi connectivity index (χ1) is 7.38. The SMILES string of the molecule is C=C/C(=C\C=C(/C)[C@@H](C)C(=O)O)CC(C)C. The highest BCUT2D eigenvalue weighted by Crippen LogP contribution is 2.14. The normalized spacial score (nSPS) is 15.1. The second kappa shape index (κ2) is 7.04. The topological polar surface area (TPSA) is 37.3 Å². The molecule has 0 rings (SSSR count). The van der Waals surface area contributed by atoms with Crippen molar-refractivity contribution in [2.75, 3.05) is 0 Å². The van der Waals surface area contributed by atoms with E-state index < -0.39 is 11.9 Å². The highest BCUT2D eigenvalue weighted by atomic mass is 16.4. The molecule has 0 aromatic rings. The third kappa shape index (κ3) is 5.54. The van der Waals surface area contributed by atoms with E-state index in [0.717, 1.165) is 17.6 Å². The monoisotopic (exact) mass is 222 g/mol. The van der Waals surface area contributed by atoms with E-state index in [4.69, 9.17) is 5.11 Å². The molecule has 16 heavy (non-hydrogen) atoms. The Balaban J connectivity index is 4.68. The van der Waals surface area contributed by atoms with Gasteiger partial charge in [-0.05, 0) is 31.8 Å². The summed E-state index contributed by atoms with van der Waals surface area (Å²) >= 11 is 0. The lowest BCUT2D eigenvalue weighted by molar-refractivity contribution is -0.139. The first kappa shape index (κ1) is 14.7. The van der Waals surface area contributed by atoms with Crippen molar-refractivity contribution in [1.29, 1.82) is 0 Å². The number of hydrogen-bond donors (Lipinski definition) is 1. The minimum Gasteiger partial charge on any atom is -0.481 e. The molecular formula is C14H22O2. The van der Waals surface area contributed by atoms with E-state index in [1.165, 1.54) is 0 Å². The molecule has 0 fully saturated rings. The summed E-state index contributed by atoms with van der Waals surface area (Å²) in [6.45, 7) is 11.6. The Morgan fingerprint density at radius 1 is 1.31 bits per heavy atom. The number of hydrogen-bond acceptors (Lipinski definition) is 1. The second-order valence-corrected chi connectivity index (χ2v) is 4.51. The Morgan fingerprint density at radius 2 is 1.88 bits per heavy atom. The van der Waals surface area contributed by atoms with Gasteiger partial charge in [-0.25, -0.2) is 0 Å². The lowest BCUT2D eigenvalue weighted by Gasteiger charge is -2.07. The van der Waals surface area contributed by atoms with Gasteiger partial charge in [0.25, 0.3) is 0 Å². The average Bonchev–Trinajstić information content (AvgIpc) is 2.21. The number of carbonyl (C=O) groups is 1. The van der Waals surface area contributed by atoms with Gasteiger partial charge in [-0.2, -0.15) is 0 Å². The molecular weight excluding hydrogens is 200 g/mol. The van der Waals surface area contributed by atoms with Crippen LogP contribution in [0.1, 0.15) is 34.1 Å². The smallest absolute Gasteiger partial charge is 0.310 e. The summed E-state index contributed by atoms with van der Waals surface area (Å²) in [6.07, 6.45) is 6.63. The summed E-state index contributed by atoms with van der Waals surface area (Å²) in [4.78, 5) is 10.8. The molecule has 1 N–H and O–H groups in total. The summed E-state index contributed by atoms with van der Waals surface area (Å²) in [5.74, 6) is -0.637. The first-order valence-electron chi connectivity index (χ1n) is 5.61. The highest BCUT2D eigenvalue weighted by molar-refractivity contribution is 5.73. The van der Waals surface area contributed by atoms with Gasteiger partial charge in [-0.3, -0.25) is 4.79 Å². The van der Waals surface area contributed by atoms with Crippen molar-refractivity contribution in [3.8, 4) is 0 Å². The van der Waals surface area contributed by atoms with Gasteiger partial charge in [0.1, 0.15) is 0 Å². The van der Waals surface area contributed by atoms with Crippen LogP contribution in [-0.2, 0) is 4.79 Å². The van der Waals surface area contributed by atoms with E-state index in [0.29, 0.717) is 5.92 Å². The van der Waals surface area contributed by atoms with Crippen LogP contribution < -0.4 is 0 Å². The fraction of sp³-hybridized carbons (Fsp3) is 0.500. The Labute approximate surface area is 98.4 Å². The fourth-order valence-electron chi connectivity index (χ4n) is 1.27. The van der Waals surface area contributed by atoms with E-state index in [2.05, 4.69) is 20.4 Å². The second-order valence-electron chi connectivity index (χ2n) is 4.51. The van der Waals surface area contributed by atoms with Gasteiger partial charge in [-0.15, -0.1) is 0 Å². The van der Waals surface area contributed by atoms with Crippen molar-refractivity contribution in [3.05, 3.63) is 36.0 Å². The van der Waals surface area contributed by atoms with Gasteiger partial charge in [0, 0.05) is 0 Å². The molecule has 2 heteroatoms. The number of rotatable bonds is 6. The predicted molar refractivity (Wildman–Crippen MR) is 68.3 cm³/mol. The lowest BCUT2D eigenvalue weighted by atomic mass is 9.99. The Kier molecular flexibility index (Phi) is 6.47. The lowest BCUT2D eigenvalue weighted by Crippen LogP contribution is -2.10. The molecule has 0 heterocycles. The molecule has 0 aliphatic heterocycles. The average molecular weight is 222 g/mol. The summed E-state index contributed by atoms with van der Waals surface area (Å²) in [5, 5.41) is 8.84. The van der Waals surface area contributed by atoms with Crippen LogP contribution in [0.25, 0.3) is 0 Å². The molecule has 0 aromatic heterocycles. The number of carboxylic acids is 1. The Bertz CT molecular complexity index is 309. The number of allylic oxidation sites excluding steroid dienone is 4. The molecule has 90 valence electrons. The van der Waals surface area contributed by atoms with Crippen molar-refractivity contribution in [3.63, 3.8) is 0 Å². The summed E-state index contributed by atoms with van der Waals surface area (Å²) in [5.41, 5.74) is 2.00. The maximum absolute atomic E-state index is 10.8. The van der Waals surface area contributed by atoms with Crippen molar-refractivity contribution in [2.45, 2.75) is 34.1 Å². The van der Waals surface area contributed by atoms with Crippen LogP contribution >= 0.6 is 0 Å². The molecule has 2 nitrogen and oxygen atoms in total. The van der Waals surface area contributed by atoms with Crippen LogP contribution in [0.2, 0.25) is 0 Å². The molecule has 0 radical (unpaired) electrons. The molecule has 0 bridgehead atoms. The van der Waals surface area contributed by atoms with Crippen LogP contribution in [0.4, 0.5) is 0 Å². The number of carboxylic acid groups (broad SMARTS) is 1. The van der Waals surface area contributed by atoms with E-state index in [9.17, 15) is 4.79 Å². The van der Waals surface area contributed by atoms with Gasteiger partial charge in [0.15, 0.2) is 0 Å². The van der Waals surface area contributed by atoms with Crippen LogP contribution in [0, 0.1) is 11.8 Å². The standard InChI is InChI=1S/C14H22O2/c1-6-13(9-10(2)3)8-7-11(4)12(5)14(15)16/h6-8,10,12H,1,9H2,2-5H3,(H,15,16)/b11-7+,13-8+/t12-/m1/s1. The molecule has 0 aliphatic rings. The van der Waals surface area contributed by atoms with Gasteiger partial charge >= 0.3 is 5.97 Å². The number of aliphatic carboxylic acids is 1. The van der Waals surface area contributed by atoms with Gasteiger partial charge in [0.2, 0.25) is 0 Å². The third-order valence-electron chi connectivity index (χ3n) is 2.52. The Morgan fingerprint density at radius 3 is 2.25 bits per heavy atom. The van der Waals surface area contributed by atoms with Crippen molar-refractivity contribution in [2.24, 2.45) is 11.8 Å². The molecule has 0 saturated carbocycles. The van der Waals surface area contributed by atoms with Crippen molar-refractivity contribution >= 4 is 5.97 Å². The molecule has 0 aliphatic carbocycles. The Hall–Kier alpha value is -1.31. The minimum atomic E-state index is -0.786. The summed E-state index contributed by atoms with van der Waals surface area (Å²) < 4.78 is 0. The molecule has 1 atom stereocenters. The highest BCUT2D eigenvalue weighted by Gasteiger charge is 2.11. The zero-order chi connectivity index (χ0) is 12.7. The van der Waals surface area contributed by atoms with E-state index in [-0.39, 0.29) is 0 Å². The van der Waals surface area contributed by atoms with Crippen LogP contribution in [-0.4, -0.2) is 11.1 Å². The molecule has 0 saturated heterocycles. The van der Waals surface area contributed by atoms with Crippen molar-refractivity contribution < 1.29 is 9.90 Å². The first-order valence-corrected chi connectivity index (χ1v) is 5.61. The van der Waals surface area contributed by atoms with Gasteiger partial charge in [-0.1, -0.05) is 44.2 Å². The molecule has 0 spiro atoms. The van der Waals surface area contributed by atoms with Crippen LogP contribution in [0.5, 0.6) is 0 Å². The largest absolute Gasteiger partial charge is 0.481 e. The zero-order valence-electron chi connectivity index (χ0n) is 10.7. The quantitative estimate of drug-likeness (QED) is 0.694. The maximum atomic E-state index is 10.8. The summed E-state index contributed by atoms with van der Waals surface area (Å²) in [6, 6.07) is 0. The molecule has 0 unspecified atom stereocenters. The summed E-state index contributed by atoms with van der Waals surface area (Å²) in [7, 11) is 0. The van der Waals surface area contributed by atoms with E-state index >= 15 is 0 Å². The van der Waals surface area contributed by atoms with Gasteiger partial charge < -0.3 is 5.11 Å². The van der Waals surface area contributed by atoms with E-state index in [1.807, 2.05) is 25.2 Å². The van der Waals surface area contributed by atoms with Crippen LogP contribution in [0.15, 0.2) is 36.0 Å². The maximum Gasteiger partial charge on any atom is 0.310 e. The van der Waals surface area contributed by atoms with Crippen molar-refractivity contribution in [1.82, 2.24) is 0 Å². The third-order valence-corrected chi connectivity index (χ3v) is 2.52. The minimum absolute atomic E-state index is 0.429. The predicted octanol–water partition coefficient (Wildman–Crippen LogP) is 3.81. The molecule has 0 aromatic carbocycles. The van der Waals surface area contributed by atoms with Gasteiger partial charge in [0.05, 0.1) is 5.92 Å². The zero-order valence-corrected chi connectivity index (χ0v) is 10.7. The fourth-order valence-corrected chi connectivity index (χ4v) is 1.27. The molecule has 0 amide bonds. The van der Waals surface area contributed by atoms with E-state index in [1.54, 1.807) is 6.92 Å². The van der Waals surface area contributed by atoms with Crippen LogP contribution in [0.3, 0.4) is 0 Å².